The number of aliphatic hydroxyl groups is 10. The lowest BCUT2D eigenvalue weighted by Gasteiger charge is -2.47. The molecule has 0 saturated carbocycles. The zero-order valence-corrected chi connectivity index (χ0v) is 16.7. The Morgan fingerprint density at radius 2 is 1.19 bits per heavy atom. The summed E-state index contributed by atoms with van der Waals surface area (Å²) in [6, 6.07) is 0. The summed E-state index contributed by atoms with van der Waals surface area (Å²) in [6.07, 6.45) is -23.0. The van der Waals surface area contributed by atoms with Gasteiger partial charge in [0, 0.05) is 0 Å². The Morgan fingerprint density at radius 3 is 1.81 bits per heavy atom. The van der Waals surface area contributed by atoms with Gasteiger partial charge >= 0.3 is 0 Å². The van der Waals surface area contributed by atoms with Crippen LogP contribution in [0.3, 0.4) is 0 Å². The Bertz CT molecular complexity index is 596. The molecule has 14 atom stereocenters. The van der Waals surface area contributed by atoms with Crippen LogP contribution in [0.4, 0.5) is 0 Å². The molecule has 0 radical (unpaired) electrons. The van der Waals surface area contributed by atoms with Crippen molar-refractivity contribution in [2.24, 2.45) is 0 Å². The maximum atomic E-state index is 10.5. The number of ether oxygens (including phenoxy) is 5. The van der Waals surface area contributed by atoms with Crippen LogP contribution in [0.15, 0.2) is 0 Å². The standard InChI is InChI=1S/C17H30O15/c18-1-5-8(22)10(24)14(32-16-11(25)7(21)4(20)3-28-16)17(30-5)31-13-9(23)6(2-19)29-15(27)12(13)26/h4-27H,1-3H2/t4-,5-,6-,7+,8-,9-,10+,11-,12+,13+,14+,15+,16+,17-/m1/s1. The van der Waals surface area contributed by atoms with Crippen LogP contribution in [0.25, 0.3) is 0 Å². The second-order valence-corrected chi connectivity index (χ2v) is 7.89. The molecule has 0 bridgehead atoms. The third-order valence-electron chi connectivity index (χ3n) is 5.70. The third-order valence-corrected chi connectivity index (χ3v) is 5.70. The zero-order chi connectivity index (χ0) is 23.7. The summed E-state index contributed by atoms with van der Waals surface area (Å²) in [7, 11) is 0. The van der Waals surface area contributed by atoms with E-state index in [9.17, 15) is 51.1 Å². The van der Waals surface area contributed by atoms with Crippen molar-refractivity contribution in [1.29, 1.82) is 0 Å². The molecule has 3 saturated heterocycles. The van der Waals surface area contributed by atoms with Crippen LogP contribution in [0.5, 0.6) is 0 Å². The third kappa shape index (κ3) is 5.07. The molecular formula is C17H30O15. The Labute approximate surface area is 181 Å². The molecule has 15 nitrogen and oxygen atoms in total. The lowest BCUT2D eigenvalue weighted by molar-refractivity contribution is -0.381. The van der Waals surface area contributed by atoms with Gasteiger partial charge in [-0.05, 0) is 0 Å². The summed E-state index contributed by atoms with van der Waals surface area (Å²) in [5, 5.41) is 99.3. The van der Waals surface area contributed by atoms with Gasteiger partial charge in [-0.1, -0.05) is 0 Å². The summed E-state index contributed by atoms with van der Waals surface area (Å²) < 4.78 is 26.3. The van der Waals surface area contributed by atoms with Crippen molar-refractivity contribution in [3.05, 3.63) is 0 Å². The highest BCUT2D eigenvalue weighted by Crippen LogP contribution is 2.31. The predicted octanol–water partition coefficient (Wildman–Crippen LogP) is -6.93. The van der Waals surface area contributed by atoms with Crippen LogP contribution in [-0.2, 0) is 23.7 Å². The van der Waals surface area contributed by atoms with Gasteiger partial charge in [-0.3, -0.25) is 0 Å². The van der Waals surface area contributed by atoms with Gasteiger partial charge in [0.2, 0.25) is 0 Å². The van der Waals surface area contributed by atoms with Crippen LogP contribution >= 0.6 is 0 Å². The number of aliphatic hydroxyl groups excluding tert-OH is 10. The molecule has 32 heavy (non-hydrogen) atoms. The van der Waals surface area contributed by atoms with Crippen LogP contribution < -0.4 is 0 Å². The van der Waals surface area contributed by atoms with Gasteiger partial charge in [-0.2, -0.15) is 0 Å². The van der Waals surface area contributed by atoms with Crippen LogP contribution in [0.2, 0.25) is 0 Å². The van der Waals surface area contributed by atoms with Gasteiger partial charge in [0.25, 0.3) is 0 Å². The van der Waals surface area contributed by atoms with Crippen molar-refractivity contribution in [1.82, 2.24) is 0 Å². The van der Waals surface area contributed by atoms with Crippen LogP contribution in [-0.4, -0.2) is 157 Å². The fraction of sp³-hybridized carbons (Fsp3) is 1.00. The largest absolute Gasteiger partial charge is 0.394 e. The summed E-state index contributed by atoms with van der Waals surface area (Å²) in [4.78, 5) is 0. The molecule has 15 heteroatoms. The maximum absolute atomic E-state index is 10.5. The molecule has 3 fully saturated rings. The molecule has 3 aliphatic heterocycles. The van der Waals surface area contributed by atoms with E-state index in [0.717, 1.165) is 0 Å². The molecule has 188 valence electrons. The average molecular weight is 474 g/mol. The van der Waals surface area contributed by atoms with Gasteiger partial charge in [-0.15, -0.1) is 0 Å². The highest BCUT2D eigenvalue weighted by atomic mass is 16.8. The molecule has 0 aromatic carbocycles. The number of hydrogen-bond acceptors (Lipinski definition) is 15. The van der Waals surface area contributed by atoms with E-state index in [4.69, 9.17) is 23.7 Å². The van der Waals surface area contributed by atoms with Gasteiger partial charge in [0.1, 0.15) is 67.1 Å². The predicted molar refractivity (Wildman–Crippen MR) is 95.2 cm³/mol. The van der Waals surface area contributed by atoms with Crippen molar-refractivity contribution >= 4 is 0 Å². The van der Waals surface area contributed by atoms with E-state index < -0.39 is 106 Å². The monoisotopic (exact) mass is 474 g/mol. The van der Waals surface area contributed by atoms with Crippen molar-refractivity contribution in [3.63, 3.8) is 0 Å². The van der Waals surface area contributed by atoms with E-state index in [-0.39, 0.29) is 0 Å². The van der Waals surface area contributed by atoms with Crippen LogP contribution in [0.1, 0.15) is 0 Å². The zero-order valence-electron chi connectivity index (χ0n) is 16.7. The first-order valence-corrected chi connectivity index (χ1v) is 10.00. The van der Waals surface area contributed by atoms with Gasteiger partial charge in [0.05, 0.1) is 19.8 Å². The fourth-order valence-corrected chi connectivity index (χ4v) is 3.75. The minimum absolute atomic E-state index is 0.429. The van der Waals surface area contributed by atoms with Gasteiger partial charge in [-0.25, -0.2) is 0 Å². The smallest absolute Gasteiger partial charge is 0.187 e. The second kappa shape index (κ2) is 10.8. The first-order valence-electron chi connectivity index (χ1n) is 10.00. The second-order valence-electron chi connectivity index (χ2n) is 7.89. The van der Waals surface area contributed by atoms with E-state index in [1.54, 1.807) is 0 Å². The van der Waals surface area contributed by atoms with E-state index in [2.05, 4.69) is 0 Å². The van der Waals surface area contributed by atoms with E-state index in [1.165, 1.54) is 0 Å². The van der Waals surface area contributed by atoms with Crippen molar-refractivity contribution in [2.45, 2.75) is 86.0 Å². The quantitative estimate of drug-likeness (QED) is 0.172. The van der Waals surface area contributed by atoms with E-state index in [0.29, 0.717) is 0 Å². The summed E-state index contributed by atoms with van der Waals surface area (Å²) in [5.74, 6) is 0. The van der Waals surface area contributed by atoms with Crippen molar-refractivity contribution in [3.8, 4) is 0 Å². The minimum Gasteiger partial charge on any atom is -0.394 e. The molecule has 0 aliphatic carbocycles. The SMILES string of the molecule is OC[C@H]1O[C@H](O[C@@H]2[C@H](O)[C@@H](O)O[C@H](CO)[C@H]2O)[C@@H](O[C@@H]2OC[C@@H](O)[C@H](O)[C@H]2O)[C@@H](O)[C@@H]1O. The Balaban J connectivity index is 1.81. The molecule has 3 aliphatic rings. The molecule has 0 spiro atoms. The Kier molecular flexibility index (Phi) is 8.75. The highest BCUT2D eigenvalue weighted by molar-refractivity contribution is 4.95. The maximum Gasteiger partial charge on any atom is 0.187 e. The van der Waals surface area contributed by atoms with Crippen molar-refractivity contribution < 1.29 is 74.7 Å². The lowest BCUT2D eigenvalue weighted by Crippen LogP contribution is -2.66. The fourth-order valence-electron chi connectivity index (χ4n) is 3.75. The molecule has 0 unspecified atom stereocenters. The Morgan fingerprint density at radius 1 is 0.594 bits per heavy atom. The molecule has 0 amide bonds. The lowest BCUT2D eigenvalue weighted by atomic mass is 9.96. The minimum atomic E-state index is -1.85. The normalized spacial score (nSPS) is 52.7. The summed E-state index contributed by atoms with van der Waals surface area (Å²) in [5.41, 5.74) is 0. The number of hydrogen-bond donors (Lipinski definition) is 10. The molecule has 10 N–H and O–H groups in total. The van der Waals surface area contributed by atoms with Gasteiger partial charge in [0.15, 0.2) is 18.9 Å². The first-order chi connectivity index (χ1) is 15.1. The molecule has 0 aromatic heterocycles. The van der Waals surface area contributed by atoms with Gasteiger partial charge < -0.3 is 74.7 Å². The topological polar surface area (TPSA) is 248 Å². The molecule has 3 rings (SSSR count). The summed E-state index contributed by atoms with van der Waals surface area (Å²) in [6.45, 7) is -1.93. The van der Waals surface area contributed by atoms with E-state index in [1.807, 2.05) is 0 Å². The van der Waals surface area contributed by atoms with Crippen molar-refractivity contribution in [2.75, 3.05) is 19.8 Å². The molecule has 3 heterocycles. The van der Waals surface area contributed by atoms with E-state index >= 15 is 0 Å². The van der Waals surface area contributed by atoms with Crippen LogP contribution in [0, 0.1) is 0 Å². The Hall–Kier alpha value is -0.600. The molecular weight excluding hydrogens is 444 g/mol. The highest BCUT2D eigenvalue weighted by Gasteiger charge is 2.52. The summed E-state index contributed by atoms with van der Waals surface area (Å²) >= 11 is 0. The average Bonchev–Trinajstić information content (AvgIpc) is 2.78. The number of rotatable bonds is 6. The first kappa shape index (κ1) is 26.0. The molecule has 0 aromatic rings.